The molecule has 0 spiro atoms. The second-order valence-corrected chi connectivity index (χ2v) is 11.4. The van der Waals surface area contributed by atoms with Crippen LogP contribution in [0, 0.1) is 11.8 Å². The van der Waals surface area contributed by atoms with Crippen molar-refractivity contribution in [3.8, 4) is 0 Å². The van der Waals surface area contributed by atoms with Gasteiger partial charge in [-0.1, -0.05) is 113 Å². The normalized spacial score (nSPS) is 22.2. The molecule has 5 nitrogen and oxygen atoms in total. The Morgan fingerprint density at radius 2 is 1.10 bits per heavy atom. The Hall–Kier alpha value is -3.73. The van der Waals surface area contributed by atoms with Crippen LogP contribution in [0.15, 0.2) is 72.8 Å². The van der Waals surface area contributed by atoms with Crippen LogP contribution in [0.25, 0.3) is 0 Å². The van der Waals surface area contributed by atoms with Gasteiger partial charge in [0, 0.05) is 11.8 Å². The van der Waals surface area contributed by atoms with E-state index in [4.69, 9.17) is 4.74 Å². The zero-order valence-corrected chi connectivity index (χ0v) is 23.2. The number of carbonyl (C=O) groups is 3. The lowest BCUT2D eigenvalue weighted by atomic mass is 9.55. The number of benzene rings is 3. The van der Waals surface area contributed by atoms with Gasteiger partial charge in [0.15, 0.2) is 0 Å². The largest absolute Gasteiger partial charge is 0.462 e. The first-order valence-electron chi connectivity index (χ1n) is 14.9. The number of anilines is 1. The maximum Gasteiger partial charge on any atom is 0.340 e. The number of nitrogens with zero attached hydrogens (tertiary/aromatic N) is 1. The van der Waals surface area contributed by atoms with Crippen molar-refractivity contribution in [1.29, 1.82) is 0 Å². The van der Waals surface area contributed by atoms with Gasteiger partial charge < -0.3 is 4.74 Å². The quantitative estimate of drug-likeness (QED) is 0.146. The van der Waals surface area contributed by atoms with Crippen molar-refractivity contribution in [2.24, 2.45) is 11.8 Å². The average molecular weight is 536 g/mol. The molecule has 1 heterocycles. The first-order valence-corrected chi connectivity index (χ1v) is 14.9. The van der Waals surface area contributed by atoms with Crippen molar-refractivity contribution in [2.45, 2.75) is 70.1 Å². The van der Waals surface area contributed by atoms with Gasteiger partial charge in [-0.25, -0.2) is 9.69 Å². The van der Waals surface area contributed by atoms with E-state index in [1.165, 1.54) is 37.0 Å². The Labute approximate surface area is 236 Å². The minimum absolute atomic E-state index is 0.176. The Kier molecular flexibility index (Phi) is 7.55. The van der Waals surface area contributed by atoms with Crippen LogP contribution in [0.1, 0.15) is 103 Å². The second-order valence-electron chi connectivity index (χ2n) is 11.4. The number of carbonyl (C=O) groups excluding carboxylic acids is 3. The van der Waals surface area contributed by atoms with Crippen molar-refractivity contribution in [3.63, 3.8) is 0 Å². The SMILES string of the molecule is CCCCCCCCCCOC(=O)c1ccccc1N1C(=O)[C@@H]2C3c4ccccc4C(c4ccccc43)[C@@H]2C1=O. The van der Waals surface area contributed by atoms with Gasteiger partial charge in [0.2, 0.25) is 11.8 Å². The van der Waals surface area contributed by atoms with E-state index in [2.05, 4.69) is 31.2 Å². The number of amides is 2. The Bertz CT molecular complexity index is 1310. The van der Waals surface area contributed by atoms with E-state index in [1.54, 1.807) is 24.3 Å². The number of rotatable bonds is 11. The lowest BCUT2D eigenvalue weighted by molar-refractivity contribution is -0.122. The Balaban J connectivity index is 1.21. The molecule has 3 aromatic carbocycles. The van der Waals surface area contributed by atoms with Gasteiger partial charge in [-0.05, 0) is 40.8 Å². The smallest absolute Gasteiger partial charge is 0.340 e. The molecule has 1 fully saturated rings. The molecule has 4 aliphatic rings. The third-order valence-corrected chi connectivity index (χ3v) is 9.04. The summed E-state index contributed by atoms with van der Waals surface area (Å²) in [7, 11) is 0. The van der Waals surface area contributed by atoms with Crippen LogP contribution in [0.4, 0.5) is 5.69 Å². The lowest BCUT2D eigenvalue weighted by Crippen LogP contribution is -2.41. The Morgan fingerprint density at radius 3 is 1.62 bits per heavy atom. The highest BCUT2D eigenvalue weighted by atomic mass is 16.5. The molecule has 3 aromatic rings. The molecule has 2 atom stereocenters. The van der Waals surface area contributed by atoms with E-state index in [0.717, 1.165) is 41.5 Å². The van der Waals surface area contributed by atoms with Crippen LogP contribution < -0.4 is 4.90 Å². The summed E-state index contributed by atoms with van der Waals surface area (Å²) in [5.74, 6) is -2.25. The predicted octanol–water partition coefficient (Wildman–Crippen LogP) is 7.38. The molecule has 0 saturated carbocycles. The van der Waals surface area contributed by atoms with E-state index in [1.807, 2.05) is 24.3 Å². The fourth-order valence-corrected chi connectivity index (χ4v) is 7.23. The molecule has 2 bridgehead atoms. The number of hydrogen-bond donors (Lipinski definition) is 0. The second kappa shape index (κ2) is 11.4. The fraction of sp³-hybridized carbons (Fsp3) is 0.400. The van der Waals surface area contributed by atoms with Crippen LogP contribution in [-0.2, 0) is 14.3 Å². The molecule has 1 aliphatic heterocycles. The number of esters is 1. The van der Waals surface area contributed by atoms with Gasteiger partial charge in [0.25, 0.3) is 0 Å². The molecule has 1 saturated heterocycles. The van der Waals surface area contributed by atoms with E-state index < -0.39 is 17.8 Å². The molecular formula is C35H37NO4. The van der Waals surface area contributed by atoms with Gasteiger partial charge in [0.1, 0.15) is 0 Å². The highest BCUT2D eigenvalue weighted by molar-refractivity contribution is 6.25. The van der Waals surface area contributed by atoms with Crippen LogP contribution in [0.3, 0.4) is 0 Å². The summed E-state index contributed by atoms with van der Waals surface area (Å²) in [6.45, 7) is 2.56. The maximum atomic E-state index is 14.1. The number of ether oxygens (including phenoxy) is 1. The van der Waals surface area contributed by atoms with Crippen molar-refractivity contribution < 1.29 is 19.1 Å². The summed E-state index contributed by atoms with van der Waals surface area (Å²) in [5.41, 5.74) is 5.13. The maximum absolute atomic E-state index is 14.1. The zero-order valence-electron chi connectivity index (χ0n) is 23.2. The first kappa shape index (κ1) is 26.5. The summed E-state index contributed by atoms with van der Waals surface area (Å²) < 4.78 is 5.63. The van der Waals surface area contributed by atoms with Crippen molar-refractivity contribution >= 4 is 23.5 Å². The molecule has 2 amide bonds. The molecule has 0 aromatic heterocycles. The van der Waals surface area contributed by atoms with Crippen LogP contribution in [-0.4, -0.2) is 24.4 Å². The van der Waals surface area contributed by atoms with E-state index >= 15 is 0 Å². The van der Waals surface area contributed by atoms with Crippen LogP contribution in [0.2, 0.25) is 0 Å². The third-order valence-electron chi connectivity index (χ3n) is 9.04. The van der Waals surface area contributed by atoms with Crippen molar-refractivity contribution in [1.82, 2.24) is 0 Å². The molecular weight excluding hydrogens is 498 g/mol. The van der Waals surface area contributed by atoms with Gasteiger partial charge in [-0.2, -0.15) is 0 Å². The summed E-state index contributed by atoms with van der Waals surface area (Å²) in [4.78, 5) is 42.7. The number of para-hydroxylation sites is 1. The first-order chi connectivity index (χ1) is 19.6. The molecule has 0 radical (unpaired) electrons. The summed E-state index contributed by atoms with van der Waals surface area (Å²) >= 11 is 0. The van der Waals surface area contributed by atoms with E-state index in [0.29, 0.717) is 12.3 Å². The highest BCUT2D eigenvalue weighted by Gasteiger charge is 2.62. The van der Waals surface area contributed by atoms with E-state index in [-0.39, 0.29) is 29.2 Å². The number of hydrogen-bond acceptors (Lipinski definition) is 4. The zero-order chi connectivity index (χ0) is 27.6. The monoisotopic (exact) mass is 535 g/mol. The van der Waals surface area contributed by atoms with Crippen molar-refractivity contribution in [3.05, 3.63) is 101 Å². The van der Waals surface area contributed by atoms with E-state index in [9.17, 15) is 14.4 Å². The fourth-order valence-electron chi connectivity index (χ4n) is 7.23. The molecule has 0 N–H and O–H groups in total. The highest BCUT2D eigenvalue weighted by Crippen LogP contribution is 2.61. The Morgan fingerprint density at radius 1 is 0.650 bits per heavy atom. The molecule has 3 aliphatic carbocycles. The van der Waals surface area contributed by atoms with Crippen LogP contribution in [0.5, 0.6) is 0 Å². The predicted molar refractivity (Wildman–Crippen MR) is 155 cm³/mol. The minimum atomic E-state index is -0.483. The van der Waals surface area contributed by atoms with Gasteiger partial charge in [-0.15, -0.1) is 0 Å². The standard InChI is InChI=1S/C35H37NO4/c1-2-3-4-5-6-7-8-15-22-40-35(39)27-20-13-14-21-28(27)36-33(37)31-29-23-16-9-10-17-24(23)30(32(31)34(36)38)26-19-12-11-18-25(26)29/h9-14,16-21,29-32H,2-8,15,22H2,1H3/t29?,30?,31-,32+. The lowest BCUT2D eigenvalue weighted by Gasteiger charge is -2.45. The molecule has 40 heavy (non-hydrogen) atoms. The summed E-state index contributed by atoms with van der Waals surface area (Å²) in [6.07, 6.45) is 9.29. The molecule has 206 valence electrons. The number of imide groups is 1. The number of unbranched alkanes of at least 4 members (excludes halogenated alkanes) is 7. The molecule has 7 rings (SSSR count). The topological polar surface area (TPSA) is 63.7 Å². The molecule has 5 heteroatoms. The van der Waals surface area contributed by atoms with Crippen LogP contribution >= 0.6 is 0 Å². The third kappa shape index (κ3) is 4.46. The summed E-state index contributed by atoms with van der Waals surface area (Å²) in [6, 6.07) is 23.3. The minimum Gasteiger partial charge on any atom is -0.462 e. The van der Waals surface area contributed by atoms with Gasteiger partial charge in [-0.3, -0.25) is 9.59 Å². The van der Waals surface area contributed by atoms with Gasteiger partial charge >= 0.3 is 5.97 Å². The summed E-state index contributed by atoms with van der Waals surface area (Å²) in [5, 5.41) is 0. The van der Waals surface area contributed by atoms with Gasteiger partial charge in [0.05, 0.1) is 29.7 Å². The average Bonchev–Trinajstić information content (AvgIpc) is 3.26. The molecule has 0 unspecified atom stereocenters. The van der Waals surface area contributed by atoms with Crippen molar-refractivity contribution in [2.75, 3.05) is 11.5 Å².